The largest absolute Gasteiger partial charge is 0.339 e. The van der Waals surface area contributed by atoms with Crippen molar-refractivity contribution in [3.8, 4) is 0 Å². The van der Waals surface area contributed by atoms with Crippen molar-refractivity contribution in [3.05, 3.63) is 0 Å². The fraction of sp³-hybridized carbons (Fsp3) is 1.00. The average Bonchev–Trinajstić information content (AvgIpc) is 1.85. The smallest absolute Gasteiger partial charge is 0.130 e. The summed E-state index contributed by atoms with van der Waals surface area (Å²) in [4.78, 5) is 0. The first kappa shape index (κ1) is 12.7. The molecule has 0 saturated heterocycles. The Kier molecular flexibility index (Phi) is 5.06. The molecule has 2 atom stereocenters. The van der Waals surface area contributed by atoms with E-state index in [0.29, 0.717) is 5.92 Å². The van der Waals surface area contributed by atoms with Crippen molar-refractivity contribution in [3.63, 3.8) is 0 Å². The normalized spacial score (nSPS) is 18.0. The number of halogens is 1. The Morgan fingerprint density at radius 2 is 1.58 bits per heavy atom. The molecule has 0 saturated carbocycles. The van der Waals surface area contributed by atoms with Crippen LogP contribution in [0.1, 0.15) is 41.5 Å². The van der Waals surface area contributed by atoms with Gasteiger partial charge in [0.2, 0.25) is 0 Å². The third-order valence-corrected chi connectivity index (χ3v) is 5.06. The third-order valence-electron chi connectivity index (χ3n) is 1.73. The van der Waals surface area contributed by atoms with Gasteiger partial charge in [0.15, 0.2) is 0 Å². The van der Waals surface area contributed by atoms with Crippen molar-refractivity contribution in [2.75, 3.05) is 0 Å². The maximum absolute atomic E-state index is 6.14. The molecule has 12 heavy (non-hydrogen) atoms. The summed E-state index contributed by atoms with van der Waals surface area (Å²) in [7, 11) is -0.821. The van der Waals surface area contributed by atoms with Gasteiger partial charge >= 0.3 is 0 Å². The monoisotopic (exact) mass is 210 g/mol. The quantitative estimate of drug-likeness (QED) is 0.628. The first-order valence-corrected chi connectivity index (χ1v) is 6.54. The second kappa shape index (κ2) is 4.79. The fourth-order valence-corrected chi connectivity index (χ4v) is 1.65. The van der Waals surface area contributed by atoms with Crippen molar-refractivity contribution >= 4 is 18.7 Å². The Balaban J connectivity index is 3.93. The van der Waals surface area contributed by atoms with Gasteiger partial charge in [-0.1, -0.05) is 45.9 Å². The fourth-order valence-electron chi connectivity index (χ4n) is 0.426. The standard InChI is InChI=1S/C9H20ClOP/c1-7(2)8(3)11-12(10)9(4,5)6/h7-8H,1-6H3. The molecule has 0 N–H and O–H groups in total. The Morgan fingerprint density at radius 1 is 1.17 bits per heavy atom. The Labute approximate surface area is 82.5 Å². The van der Waals surface area contributed by atoms with Gasteiger partial charge in [0, 0.05) is 5.16 Å². The van der Waals surface area contributed by atoms with Crippen LogP contribution in [0.4, 0.5) is 0 Å². The summed E-state index contributed by atoms with van der Waals surface area (Å²) < 4.78 is 5.71. The van der Waals surface area contributed by atoms with Gasteiger partial charge < -0.3 is 4.52 Å². The minimum atomic E-state index is -0.821. The lowest BCUT2D eigenvalue weighted by Crippen LogP contribution is -2.17. The van der Waals surface area contributed by atoms with Gasteiger partial charge in [0.25, 0.3) is 0 Å². The molecule has 0 aromatic heterocycles. The van der Waals surface area contributed by atoms with Crippen LogP contribution < -0.4 is 0 Å². The lowest BCUT2D eigenvalue weighted by molar-refractivity contribution is 0.190. The molecule has 0 bridgehead atoms. The van der Waals surface area contributed by atoms with E-state index in [-0.39, 0.29) is 11.3 Å². The highest BCUT2D eigenvalue weighted by molar-refractivity contribution is 7.81. The minimum Gasteiger partial charge on any atom is -0.339 e. The predicted molar refractivity (Wildman–Crippen MR) is 57.9 cm³/mol. The summed E-state index contributed by atoms with van der Waals surface area (Å²) in [6, 6.07) is 0. The van der Waals surface area contributed by atoms with Crippen LogP contribution >= 0.6 is 18.7 Å². The minimum absolute atomic E-state index is 0.0834. The van der Waals surface area contributed by atoms with Gasteiger partial charge in [0.05, 0.1) is 6.10 Å². The second-order valence-electron chi connectivity index (χ2n) is 4.47. The van der Waals surface area contributed by atoms with Crippen molar-refractivity contribution in [1.29, 1.82) is 0 Å². The summed E-state index contributed by atoms with van der Waals surface area (Å²) in [5.74, 6) is 0.538. The zero-order chi connectivity index (χ0) is 9.94. The maximum Gasteiger partial charge on any atom is 0.130 e. The first-order chi connectivity index (χ1) is 5.25. The molecule has 2 unspecified atom stereocenters. The molecule has 0 radical (unpaired) electrons. The van der Waals surface area contributed by atoms with Gasteiger partial charge in [-0.2, -0.15) is 0 Å². The van der Waals surface area contributed by atoms with Gasteiger partial charge in [-0.05, 0) is 12.8 Å². The average molecular weight is 211 g/mol. The second-order valence-corrected chi connectivity index (χ2v) is 7.43. The third kappa shape index (κ3) is 4.64. The zero-order valence-corrected chi connectivity index (χ0v) is 10.5. The molecule has 0 spiro atoms. The number of rotatable bonds is 3. The first-order valence-electron chi connectivity index (χ1n) is 4.38. The molecule has 0 heterocycles. The molecule has 0 aromatic carbocycles. The molecule has 3 heteroatoms. The van der Waals surface area contributed by atoms with E-state index in [1.807, 2.05) is 0 Å². The summed E-state index contributed by atoms with van der Waals surface area (Å²) in [6.45, 7) is 12.7. The van der Waals surface area contributed by atoms with E-state index in [4.69, 9.17) is 15.8 Å². The molecular formula is C9H20ClOP. The SMILES string of the molecule is CC(C)C(C)OP(Cl)C(C)(C)C. The zero-order valence-electron chi connectivity index (χ0n) is 8.89. The maximum atomic E-state index is 6.14. The van der Waals surface area contributed by atoms with Crippen LogP contribution in [0.5, 0.6) is 0 Å². The van der Waals surface area contributed by atoms with Gasteiger partial charge in [-0.25, -0.2) is 0 Å². The van der Waals surface area contributed by atoms with Gasteiger partial charge in [-0.3, -0.25) is 0 Å². The molecule has 1 nitrogen and oxygen atoms in total. The van der Waals surface area contributed by atoms with Crippen molar-refractivity contribution < 1.29 is 4.52 Å². The van der Waals surface area contributed by atoms with Crippen molar-refractivity contribution in [2.24, 2.45) is 5.92 Å². The summed E-state index contributed by atoms with van der Waals surface area (Å²) in [6.07, 6.45) is 0.257. The Morgan fingerprint density at radius 3 is 1.83 bits per heavy atom. The van der Waals surface area contributed by atoms with Crippen LogP contribution in [0.2, 0.25) is 0 Å². The highest BCUT2D eigenvalue weighted by Crippen LogP contribution is 2.55. The van der Waals surface area contributed by atoms with Crippen LogP contribution in [-0.2, 0) is 4.52 Å². The lowest BCUT2D eigenvalue weighted by Gasteiger charge is -2.28. The van der Waals surface area contributed by atoms with E-state index < -0.39 is 7.50 Å². The van der Waals surface area contributed by atoms with E-state index >= 15 is 0 Å². The molecule has 0 aliphatic rings. The molecule has 0 aliphatic heterocycles. The van der Waals surface area contributed by atoms with Crippen LogP contribution in [0.15, 0.2) is 0 Å². The summed E-state index contributed by atoms with van der Waals surface area (Å²) in [5.41, 5.74) is 0. The van der Waals surface area contributed by atoms with Crippen molar-refractivity contribution in [1.82, 2.24) is 0 Å². The highest BCUT2D eigenvalue weighted by atomic mass is 35.7. The summed E-state index contributed by atoms with van der Waals surface area (Å²) >= 11 is 6.14. The topological polar surface area (TPSA) is 9.23 Å². The number of hydrogen-bond acceptors (Lipinski definition) is 1. The van der Waals surface area contributed by atoms with Crippen LogP contribution in [0, 0.1) is 5.92 Å². The summed E-state index contributed by atoms with van der Waals surface area (Å²) in [5, 5.41) is 0.0834. The number of hydrogen-bond donors (Lipinski definition) is 0. The van der Waals surface area contributed by atoms with Gasteiger partial charge in [-0.15, -0.1) is 0 Å². The molecule has 0 fully saturated rings. The Hall–Kier alpha value is 0.680. The van der Waals surface area contributed by atoms with E-state index in [1.54, 1.807) is 0 Å². The predicted octanol–water partition coefficient (Wildman–Crippen LogP) is 4.40. The molecule has 0 aromatic rings. The van der Waals surface area contributed by atoms with Crippen LogP contribution in [0.3, 0.4) is 0 Å². The van der Waals surface area contributed by atoms with E-state index in [0.717, 1.165) is 0 Å². The highest BCUT2D eigenvalue weighted by Gasteiger charge is 2.26. The van der Waals surface area contributed by atoms with E-state index in [2.05, 4.69) is 41.5 Å². The molecule has 0 aliphatic carbocycles. The Bertz CT molecular complexity index is 131. The van der Waals surface area contributed by atoms with Crippen molar-refractivity contribution in [2.45, 2.75) is 52.8 Å². The van der Waals surface area contributed by atoms with E-state index in [9.17, 15) is 0 Å². The van der Waals surface area contributed by atoms with Crippen LogP contribution in [-0.4, -0.2) is 11.3 Å². The molecule has 74 valence electrons. The molecule has 0 rings (SSSR count). The molecular weight excluding hydrogens is 191 g/mol. The lowest BCUT2D eigenvalue weighted by atomic mass is 10.1. The molecule has 0 amide bonds. The van der Waals surface area contributed by atoms with Gasteiger partial charge in [0.1, 0.15) is 7.50 Å². The van der Waals surface area contributed by atoms with E-state index in [1.165, 1.54) is 0 Å². The van der Waals surface area contributed by atoms with Crippen LogP contribution in [0.25, 0.3) is 0 Å².